The summed E-state index contributed by atoms with van der Waals surface area (Å²) >= 11 is 6.16. The summed E-state index contributed by atoms with van der Waals surface area (Å²) in [6.07, 6.45) is 8.18. The van der Waals surface area contributed by atoms with Crippen LogP contribution in [0, 0.1) is 5.92 Å². The van der Waals surface area contributed by atoms with Gasteiger partial charge in [0.15, 0.2) is 0 Å². The number of nitrogens with one attached hydrogen (secondary N) is 1. The second-order valence-electron chi connectivity index (χ2n) is 6.07. The molecule has 1 aliphatic carbocycles. The molecule has 1 aromatic rings. The van der Waals surface area contributed by atoms with Crippen LogP contribution in [0.3, 0.4) is 0 Å². The Hall–Kier alpha value is -1.07. The molecule has 0 saturated heterocycles. The quantitative estimate of drug-likeness (QED) is 0.840. The number of halogens is 1. The zero-order valence-corrected chi connectivity index (χ0v) is 13.7. The number of aromatic nitrogens is 2. The summed E-state index contributed by atoms with van der Waals surface area (Å²) in [5, 5.41) is 7.69. The largest absolute Gasteiger partial charge is 0.382 e. The summed E-state index contributed by atoms with van der Waals surface area (Å²) < 4.78 is 1.42. The van der Waals surface area contributed by atoms with Gasteiger partial charge in [-0.15, -0.1) is 0 Å². The van der Waals surface area contributed by atoms with Crippen LogP contribution >= 0.6 is 11.6 Å². The fourth-order valence-electron chi connectivity index (χ4n) is 2.75. The Morgan fingerprint density at radius 2 is 2.14 bits per heavy atom. The van der Waals surface area contributed by atoms with Gasteiger partial charge in [0.25, 0.3) is 5.56 Å². The van der Waals surface area contributed by atoms with Crippen molar-refractivity contribution in [3.8, 4) is 0 Å². The highest BCUT2D eigenvalue weighted by Gasteiger charge is 2.15. The molecule has 0 bridgehead atoms. The minimum Gasteiger partial charge on any atom is -0.382 e. The third-order valence-electron chi connectivity index (χ3n) is 4.09. The molecule has 1 saturated carbocycles. The maximum absolute atomic E-state index is 12.1. The topological polar surface area (TPSA) is 50.2 Å². The molecule has 6 heteroatoms. The second-order valence-corrected chi connectivity index (χ2v) is 6.45. The van der Waals surface area contributed by atoms with Gasteiger partial charge in [-0.3, -0.25) is 4.79 Å². The van der Waals surface area contributed by atoms with Crippen LogP contribution in [0.5, 0.6) is 0 Å². The van der Waals surface area contributed by atoms with Crippen LogP contribution in [-0.4, -0.2) is 41.9 Å². The Kier molecular flexibility index (Phi) is 6.06. The summed E-state index contributed by atoms with van der Waals surface area (Å²) in [5.74, 6) is 0.824. The van der Waals surface area contributed by atoms with Gasteiger partial charge in [0.2, 0.25) is 0 Å². The molecule has 0 unspecified atom stereocenters. The van der Waals surface area contributed by atoms with Crippen molar-refractivity contribution in [1.29, 1.82) is 0 Å². The number of nitrogens with zero attached hydrogens (tertiary/aromatic N) is 3. The van der Waals surface area contributed by atoms with Crippen molar-refractivity contribution in [2.24, 2.45) is 5.92 Å². The first-order valence-electron chi connectivity index (χ1n) is 7.72. The number of anilines is 1. The molecular weight excluding hydrogens is 288 g/mol. The van der Waals surface area contributed by atoms with E-state index in [2.05, 4.69) is 10.4 Å². The van der Waals surface area contributed by atoms with Crippen LogP contribution in [0.4, 0.5) is 5.69 Å². The molecule has 5 nitrogen and oxygen atoms in total. The highest BCUT2D eigenvalue weighted by molar-refractivity contribution is 6.32. The Labute approximate surface area is 131 Å². The maximum atomic E-state index is 12.1. The molecule has 0 atom stereocenters. The van der Waals surface area contributed by atoms with Crippen LogP contribution in [0.25, 0.3) is 0 Å². The lowest BCUT2D eigenvalue weighted by Gasteiger charge is -2.13. The van der Waals surface area contributed by atoms with Gasteiger partial charge in [0.1, 0.15) is 5.02 Å². The summed E-state index contributed by atoms with van der Waals surface area (Å²) in [5.41, 5.74) is 0.435. The average molecular weight is 313 g/mol. The highest BCUT2D eigenvalue weighted by Crippen LogP contribution is 2.27. The van der Waals surface area contributed by atoms with E-state index in [1.54, 1.807) is 6.20 Å². The van der Waals surface area contributed by atoms with Crippen molar-refractivity contribution in [1.82, 2.24) is 14.7 Å². The Morgan fingerprint density at radius 3 is 2.81 bits per heavy atom. The molecule has 1 heterocycles. The van der Waals surface area contributed by atoms with Crippen molar-refractivity contribution in [2.75, 3.05) is 32.5 Å². The lowest BCUT2D eigenvalue weighted by Crippen LogP contribution is -2.29. The van der Waals surface area contributed by atoms with Gasteiger partial charge in [-0.1, -0.05) is 37.3 Å². The van der Waals surface area contributed by atoms with Gasteiger partial charge >= 0.3 is 0 Å². The molecule has 0 radical (unpaired) electrons. The van der Waals surface area contributed by atoms with Crippen molar-refractivity contribution < 1.29 is 0 Å². The van der Waals surface area contributed by atoms with Gasteiger partial charge in [-0.05, 0) is 26.4 Å². The maximum Gasteiger partial charge on any atom is 0.287 e. The zero-order valence-electron chi connectivity index (χ0n) is 12.9. The monoisotopic (exact) mass is 312 g/mol. The van der Waals surface area contributed by atoms with E-state index < -0.39 is 0 Å². The average Bonchev–Trinajstić information content (AvgIpc) is 2.95. The number of hydrogen-bond donors (Lipinski definition) is 1. The molecule has 118 valence electrons. The first-order valence-corrected chi connectivity index (χ1v) is 8.10. The van der Waals surface area contributed by atoms with Gasteiger partial charge < -0.3 is 10.2 Å². The van der Waals surface area contributed by atoms with Crippen LogP contribution in [0.2, 0.25) is 5.02 Å². The van der Waals surface area contributed by atoms with Crippen LogP contribution in [0.15, 0.2) is 11.0 Å². The molecule has 0 aromatic carbocycles. The van der Waals surface area contributed by atoms with Gasteiger partial charge in [0, 0.05) is 13.1 Å². The van der Waals surface area contributed by atoms with Crippen molar-refractivity contribution in [2.45, 2.75) is 38.6 Å². The van der Waals surface area contributed by atoms with Crippen LogP contribution in [-0.2, 0) is 6.54 Å². The summed E-state index contributed by atoms with van der Waals surface area (Å²) in [6, 6.07) is 0. The van der Waals surface area contributed by atoms with E-state index >= 15 is 0 Å². The van der Waals surface area contributed by atoms with E-state index in [-0.39, 0.29) is 10.6 Å². The second kappa shape index (κ2) is 7.80. The van der Waals surface area contributed by atoms with E-state index in [1.165, 1.54) is 30.4 Å². The van der Waals surface area contributed by atoms with E-state index in [0.29, 0.717) is 12.2 Å². The molecule has 0 spiro atoms. The van der Waals surface area contributed by atoms with Gasteiger partial charge in [-0.25, -0.2) is 4.68 Å². The smallest absolute Gasteiger partial charge is 0.287 e. The third kappa shape index (κ3) is 4.71. The minimum absolute atomic E-state index is 0.218. The Balaban J connectivity index is 1.91. The predicted octanol–water partition coefficient (Wildman–Crippen LogP) is 2.45. The lowest BCUT2D eigenvalue weighted by molar-refractivity contribution is 0.367. The first kappa shape index (κ1) is 16.3. The molecule has 1 N–H and O–H groups in total. The normalized spacial score (nSPS) is 15.8. The number of rotatable bonds is 7. The van der Waals surface area contributed by atoms with Gasteiger partial charge in [-0.2, -0.15) is 5.10 Å². The van der Waals surface area contributed by atoms with E-state index in [1.807, 2.05) is 19.0 Å². The minimum atomic E-state index is -0.218. The Bertz CT molecular complexity index is 509. The van der Waals surface area contributed by atoms with Crippen LogP contribution in [0.1, 0.15) is 32.1 Å². The van der Waals surface area contributed by atoms with Crippen molar-refractivity contribution in [3.05, 3.63) is 21.6 Å². The summed E-state index contributed by atoms with van der Waals surface area (Å²) in [6.45, 7) is 2.17. The zero-order chi connectivity index (χ0) is 15.2. The standard InChI is InChI=1S/C15H25ClN4O/c1-19(2)9-10-20-15(21)14(16)13(11-18-20)17-8-7-12-5-3-4-6-12/h11-12,17H,3-10H2,1-2H3. The molecule has 0 amide bonds. The fraction of sp³-hybridized carbons (Fsp3) is 0.733. The molecule has 1 aliphatic rings. The Morgan fingerprint density at radius 1 is 1.43 bits per heavy atom. The highest BCUT2D eigenvalue weighted by atomic mass is 35.5. The van der Waals surface area contributed by atoms with E-state index in [4.69, 9.17) is 11.6 Å². The van der Waals surface area contributed by atoms with Crippen molar-refractivity contribution in [3.63, 3.8) is 0 Å². The molecule has 1 aromatic heterocycles. The van der Waals surface area contributed by atoms with Crippen LogP contribution < -0.4 is 10.9 Å². The van der Waals surface area contributed by atoms with Gasteiger partial charge in [0.05, 0.1) is 18.4 Å². The lowest BCUT2D eigenvalue weighted by atomic mass is 10.0. The molecule has 21 heavy (non-hydrogen) atoms. The predicted molar refractivity (Wildman–Crippen MR) is 87.1 cm³/mol. The van der Waals surface area contributed by atoms with E-state index in [9.17, 15) is 4.79 Å². The third-order valence-corrected chi connectivity index (χ3v) is 4.45. The molecule has 1 fully saturated rings. The number of hydrogen-bond acceptors (Lipinski definition) is 4. The SMILES string of the molecule is CN(C)CCn1ncc(NCCC2CCCC2)c(Cl)c1=O. The number of likely N-dealkylation sites (N-methyl/N-ethyl adjacent to an activating group) is 1. The summed E-state index contributed by atoms with van der Waals surface area (Å²) in [7, 11) is 3.93. The van der Waals surface area contributed by atoms with E-state index in [0.717, 1.165) is 25.4 Å². The summed E-state index contributed by atoms with van der Waals surface area (Å²) in [4.78, 5) is 14.1. The molecule has 2 rings (SSSR count). The first-order chi connectivity index (χ1) is 10.1. The fourth-order valence-corrected chi connectivity index (χ4v) is 2.97. The molecular formula is C15H25ClN4O. The van der Waals surface area contributed by atoms with Crippen molar-refractivity contribution >= 4 is 17.3 Å². The molecule has 0 aliphatic heterocycles.